The maximum atomic E-state index is 12.6. The first-order valence-corrected chi connectivity index (χ1v) is 10.5. The summed E-state index contributed by atoms with van der Waals surface area (Å²) in [4.78, 5) is 21.5. The summed E-state index contributed by atoms with van der Waals surface area (Å²) in [6, 6.07) is 13.4. The van der Waals surface area contributed by atoms with Crippen LogP contribution in [0.3, 0.4) is 0 Å². The average molecular weight is 412 g/mol. The minimum atomic E-state index is -1.19. The second-order valence-corrected chi connectivity index (χ2v) is 7.77. The van der Waals surface area contributed by atoms with Gasteiger partial charge in [-0.25, -0.2) is 9.97 Å². The summed E-state index contributed by atoms with van der Waals surface area (Å²) < 4.78 is 12.0. The first-order valence-electron chi connectivity index (χ1n) is 8.98. The highest BCUT2D eigenvalue weighted by Crippen LogP contribution is 2.24. The minimum absolute atomic E-state index is 0.226. The van der Waals surface area contributed by atoms with Crippen molar-refractivity contribution in [3.05, 3.63) is 77.4 Å². The van der Waals surface area contributed by atoms with Gasteiger partial charge in [0, 0.05) is 59.1 Å². The van der Waals surface area contributed by atoms with Gasteiger partial charge in [-0.2, -0.15) is 0 Å². The molecule has 0 bridgehead atoms. The number of nitrogens with zero attached hydrogens (tertiary/aromatic N) is 2. The highest BCUT2D eigenvalue weighted by Gasteiger charge is 2.12. The molecule has 7 heteroatoms. The van der Waals surface area contributed by atoms with Crippen molar-refractivity contribution in [2.75, 3.05) is 13.4 Å². The predicted molar refractivity (Wildman–Crippen MR) is 115 cm³/mol. The van der Waals surface area contributed by atoms with Gasteiger partial charge in [0.05, 0.1) is 0 Å². The van der Waals surface area contributed by atoms with Crippen LogP contribution in [0.1, 0.15) is 27.3 Å². The molecule has 0 saturated carbocycles. The first kappa shape index (κ1) is 22.4. The molecule has 6 nitrogen and oxygen atoms in total. The van der Waals surface area contributed by atoms with Crippen molar-refractivity contribution in [3.8, 4) is 11.1 Å². The third-order valence-corrected chi connectivity index (χ3v) is 5.07. The van der Waals surface area contributed by atoms with E-state index in [1.165, 1.54) is 0 Å². The quantitative estimate of drug-likeness (QED) is 0.673. The number of aromatic nitrogens is 2. The van der Waals surface area contributed by atoms with Crippen LogP contribution >= 0.6 is 0 Å². The van der Waals surface area contributed by atoms with E-state index in [4.69, 9.17) is 5.11 Å². The molecule has 1 unspecified atom stereocenters. The topological polar surface area (TPSA) is 92.2 Å². The zero-order chi connectivity index (χ0) is 21.4. The van der Waals surface area contributed by atoms with Crippen molar-refractivity contribution in [1.82, 2.24) is 15.3 Å². The Morgan fingerprint density at radius 1 is 1.00 bits per heavy atom. The maximum absolute atomic E-state index is 12.6. The van der Waals surface area contributed by atoms with Gasteiger partial charge in [-0.3, -0.25) is 9.00 Å². The number of amides is 1. The molecule has 0 aliphatic rings. The van der Waals surface area contributed by atoms with E-state index in [-0.39, 0.29) is 5.91 Å². The monoisotopic (exact) mass is 411 g/mol. The molecule has 0 saturated heterocycles. The van der Waals surface area contributed by atoms with E-state index in [9.17, 15) is 9.00 Å². The molecular weight excluding hydrogens is 386 g/mol. The Morgan fingerprint density at radius 2 is 1.62 bits per heavy atom. The fourth-order valence-corrected chi connectivity index (χ4v) is 3.19. The molecule has 0 fully saturated rings. The van der Waals surface area contributed by atoms with Crippen molar-refractivity contribution < 1.29 is 14.1 Å². The third kappa shape index (κ3) is 6.30. The van der Waals surface area contributed by atoms with Crippen molar-refractivity contribution in [1.29, 1.82) is 0 Å². The van der Waals surface area contributed by atoms with Gasteiger partial charge in [-0.1, -0.05) is 29.8 Å². The number of hydrogen-bond acceptors (Lipinski definition) is 5. The number of rotatable bonds is 5. The Hall–Kier alpha value is -2.90. The molecule has 3 rings (SSSR count). The lowest BCUT2D eigenvalue weighted by molar-refractivity contribution is 0.0950. The molecule has 152 valence electrons. The predicted octanol–water partition coefficient (Wildman–Crippen LogP) is 3.04. The summed E-state index contributed by atoms with van der Waals surface area (Å²) in [5, 5.41) is 9.87. The lowest BCUT2D eigenvalue weighted by Crippen LogP contribution is -2.23. The number of benzene rings is 2. The number of hydrogen-bond donors (Lipinski definition) is 2. The molecule has 1 heterocycles. The summed E-state index contributed by atoms with van der Waals surface area (Å²) in [6.07, 6.45) is 5.00. The van der Waals surface area contributed by atoms with Gasteiger partial charge in [-0.05, 0) is 43.2 Å². The Morgan fingerprint density at radius 3 is 2.21 bits per heavy atom. The standard InChI is InChI=1S/C21H21N3O2S.CH4O/c1-14-4-6-17(7-5-14)18-8-19(10-20(9-18)27(3)26)21(25)24-13-16-11-22-15(2)23-12-16;1-2/h4-12H,13H2,1-3H3,(H,24,25);2H,1H3. The number of nitrogens with one attached hydrogen (secondary N) is 1. The van der Waals surface area contributed by atoms with Crippen LogP contribution in [-0.4, -0.2) is 38.6 Å². The van der Waals surface area contributed by atoms with Crippen LogP contribution in [0, 0.1) is 13.8 Å². The number of aryl methyl sites for hydroxylation is 2. The van der Waals surface area contributed by atoms with Gasteiger partial charge in [0.25, 0.3) is 5.91 Å². The van der Waals surface area contributed by atoms with Crippen LogP contribution < -0.4 is 5.32 Å². The molecule has 2 aromatic carbocycles. The van der Waals surface area contributed by atoms with Crippen LogP contribution in [0.4, 0.5) is 0 Å². The fourth-order valence-electron chi connectivity index (χ4n) is 2.60. The van der Waals surface area contributed by atoms with Crippen LogP contribution in [0.25, 0.3) is 11.1 Å². The highest BCUT2D eigenvalue weighted by molar-refractivity contribution is 7.84. The second kappa shape index (κ2) is 10.6. The number of aliphatic hydroxyl groups is 1. The summed E-state index contributed by atoms with van der Waals surface area (Å²) in [5.74, 6) is 0.460. The van der Waals surface area contributed by atoms with E-state index in [0.717, 1.165) is 29.4 Å². The van der Waals surface area contributed by atoms with E-state index >= 15 is 0 Å². The molecule has 1 amide bonds. The van der Waals surface area contributed by atoms with E-state index in [2.05, 4.69) is 15.3 Å². The Bertz CT molecular complexity index is 987. The molecule has 29 heavy (non-hydrogen) atoms. The van der Waals surface area contributed by atoms with Gasteiger partial charge >= 0.3 is 0 Å². The summed E-state index contributed by atoms with van der Waals surface area (Å²) in [5.41, 5.74) is 4.31. The van der Waals surface area contributed by atoms with E-state index < -0.39 is 10.8 Å². The third-order valence-electron chi connectivity index (χ3n) is 4.17. The molecule has 1 atom stereocenters. The average Bonchev–Trinajstić information content (AvgIpc) is 2.74. The van der Waals surface area contributed by atoms with E-state index in [1.807, 2.05) is 50.2 Å². The normalized spacial score (nSPS) is 11.2. The Balaban J connectivity index is 0.00000145. The zero-order valence-corrected chi connectivity index (χ0v) is 17.8. The minimum Gasteiger partial charge on any atom is -0.400 e. The van der Waals surface area contributed by atoms with Crippen LogP contribution in [0.5, 0.6) is 0 Å². The lowest BCUT2D eigenvalue weighted by atomic mass is 10.0. The van der Waals surface area contributed by atoms with Gasteiger partial charge in [0.2, 0.25) is 0 Å². The molecular formula is C22H25N3O3S. The molecule has 1 aromatic heterocycles. The fraction of sp³-hybridized carbons (Fsp3) is 0.227. The van der Waals surface area contributed by atoms with Gasteiger partial charge in [0.15, 0.2) is 0 Å². The van der Waals surface area contributed by atoms with E-state index in [0.29, 0.717) is 22.8 Å². The zero-order valence-electron chi connectivity index (χ0n) is 17.0. The smallest absolute Gasteiger partial charge is 0.251 e. The first-order chi connectivity index (χ1) is 13.9. The molecule has 0 aliphatic heterocycles. The van der Waals surface area contributed by atoms with E-state index in [1.54, 1.807) is 24.7 Å². The molecule has 0 spiro atoms. The van der Waals surface area contributed by atoms with Crippen molar-refractivity contribution in [2.45, 2.75) is 25.3 Å². The number of aliphatic hydroxyl groups excluding tert-OH is 1. The van der Waals surface area contributed by atoms with Crippen molar-refractivity contribution in [2.24, 2.45) is 0 Å². The Kier molecular flexibility index (Phi) is 8.18. The molecule has 0 radical (unpaired) electrons. The summed E-state index contributed by atoms with van der Waals surface area (Å²) in [7, 11) is -0.187. The van der Waals surface area contributed by atoms with Gasteiger partial charge in [0.1, 0.15) is 5.82 Å². The maximum Gasteiger partial charge on any atom is 0.251 e. The van der Waals surface area contributed by atoms with Crippen molar-refractivity contribution >= 4 is 16.7 Å². The summed E-state index contributed by atoms with van der Waals surface area (Å²) in [6.45, 7) is 4.17. The number of carbonyl (C=O) groups excluding carboxylic acids is 1. The summed E-state index contributed by atoms with van der Waals surface area (Å²) >= 11 is 0. The molecule has 2 N–H and O–H groups in total. The Labute approximate surface area is 173 Å². The lowest BCUT2D eigenvalue weighted by Gasteiger charge is -2.10. The van der Waals surface area contributed by atoms with Crippen LogP contribution in [0.15, 0.2) is 59.8 Å². The van der Waals surface area contributed by atoms with Crippen LogP contribution in [0.2, 0.25) is 0 Å². The highest BCUT2D eigenvalue weighted by atomic mass is 32.2. The number of carbonyl (C=O) groups is 1. The molecule has 3 aromatic rings. The molecule has 0 aliphatic carbocycles. The van der Waals surface area contributed by atoms with Gasteiger partial charge < -0.3 is 10.4 Å². The van der Waals surface area contributed by atoms with Gasteiger partial charge in [-0.15, -0.1) is 0 Å². The largest absolute Gasteiger partial charge is 0.400 e. The second-order valence-electron chi connectivity index (χ2n) is 6.39. The SMILES string of the molecule is CO.Cc1ccc(-c2cc(C(=O)NCc3cnc(C)nc3)cc(S(C)=O)c2)cc1. The van der Waals surface area contributed by atoms with Crippen molar-refractivity contribution in [3.63, 3.8) is 0 Å². The van der Waals surface area contributed by atoms with Crippen LogP contribution in [-0.2, 0) is 17.3 Å².